The fraction of sp³-hybridized carbons (Fsp3) is 0.333. The van der Waals surface area contributed by atoms with Crippen LogP contribution in [0, 0.1) is 11.3 Å². The third kappa shape index (κ3) is 2.54. The standard InChI is InChI=1S/C9H10N2O2S/c1-6-7(4-10)5-14-8(11-6)3-9(12)13-2/h3,11H,5H2,1-2H3/b8-3+. The van der Waals surface area contributed by atoms with E-state index in [1.807, 2.05) is 6.92 Å². The Bertz CT molecular complexity index is 352. The lowest BCUT2D eigenvalue weighted by Crippen LogP contribution is -2.17. The first-order valence-corrected chi connectivity index (χ1v) is 4.95. The molecule has 0 spiro atoms. The minimum absolute atomic E-state index is 0.395. The van der Waals surface area contributed by atoms with Crippen LogP contribution in [-0.4, -0.2) is 18.8 Å². The Morgan fingerprint density at radius 2 is 2.50 bits per heavy atom. The second kappa shape index (κ2) is 4.72. The maximum Gasteiger partial charge on any atom is 0.333 e. The van der Waals surface area contributed by atoms with Crippen molar-refractivity contribution in [1.82, 2.24) is 5.32 Å². The van der Waals surface area contributed by atoms with Crippen LogP contribution in [0.25, 0.3) is 0 Å². The van der Waals surface area contributed by atoms with Crippen molar-refractivity contribution in [3.05, 3.63) is 22.4 Å². The van der Waals surface area contributed by atoms with Crippen LogP contribution in [-0.2, 0) is 9.53 Å². The predicted octanol–water partition coefficient (Wildman–Crippen LogP) is 1.13. The molecule has 0 aromatic carbocycles. The molecule has 0 amide bonds. The van der Waals surface area contributed by atoms with Gasteiger partial charge in [-0.1, -0.05) is 0 Å². The topological polar surface area (TPSA) is 62.1 Å². The molecule has 1 heterocycles. The largest absolute Gasteiger partial charge is 0.466 e. The molecule has 0 fully saturated rings. The quantitative estimate of drug-likeness (QED) is 0.519. The zero-order chi connectivity index (χ0) is 10.6. The molecular formula is C9H10N2O2S. The summed E-state index contributed by atoms with van der Waals surface area (Å²) < 4.78 is 4.49. The SMILES string of the molecule is COC(=O)/C=C1\NC(C)=C(C#N)CS1. The summed E-state index contributed by atoms with van der Waals surface area (Å²) in [6.07, 6.45) is 1.38. The molecule has 0 saturated carbocycles. The molecular weight excluding hydrogens is 200 g/mol. The summed E-state index contributed by atoms with van der Waals surface area (Å²) in [5.41, 5.74) is 1.50. The first-order valence-electron chi connectivity index (χ1n) is 3.96. The maximum absolute atomic E-state index is 10.9. The number of carbonyl (C=O) groups excluding carboxylic acids is 1. The van der Waals surface area contributed by atoms with Crippen molar-refractivity contribution in [3.63, 3.8) is 0 Å². The molecule has 0 aromatic heterocycles. The number of thioether (sulfide) groups is 1. The van der Waals surface area contributed by atoms with Gasteiger partial charge >= 0.3 is 5.97 Å². The highest BCUT2D eigenvalue weighted by Gasteiger charge is 2.13. The average Bonchev–Trinajstić information content (AvgIpc) is 2.18. The van der Waals surface area contributed by atoms with Gasteiger partial charge < -0.3 is 10.1 Å². The van der Waals surface area contributed by atoms with Crippen LogP contribution >= 0.6 is 11.8 Å². The molecule has 1 rings (SSSR count). The zero-order valence-corrected chi connectivity index (χ0v) is 8.77. The number of esters is 1. The number of hydrogen-bond donors (Lipinski definition) is 1. The number of rotatable bonds is 1. The monoisotopic (exact) mass is 210 g/mol. The van der Waals surface area contributed by atoms with Crippen LogP contribution in [0.1, 0.15) is 6.92 Å². The summed E-state index contributed by atoms with van der Waals surface area (Å²) in [6.45, 7) is 1.81. The fourth-order valence-electron chi connectivity index (χ4n) is 0.914. The van der Waals surface area contributed by atoms with E-state index in [1.165, 1.54) is 24.9 Å². The molecule has 0 saturated heterocycles. The third-order valence-electron chi connectivity index (χ3n) is 1.72. The highest BCUT2D eigenvalue weighted by atomic mass is 32.2. The Kier molecular flexibility index (Phi) is 3.60. The van der Waals surface area contributed by atoms with Gasteiger partial charge in [0.15, 0.2) is 0 Å². The van der Waals surface area contributed by atoms with Crippen LogP contribution < -0.4 is 5.32 Å². The Morgan fingerprint density at radius 1 is 1.79 bits per heavy atom. The Labute approximate surface area is 86.6 Å². The minimum Gasteiger partial charge on any atom is -0.466 e. The molecule has 0 unspecified atom stereocenters. The van der Waals surface area contributed by atoms with E-state index >= 15 is 0 Å². The molecule has 0 atom stereocenters. The van der Waals surface area contributed by atoms with E-state index < -0.39 is 5.97 Å². The van der Waals surface area contributed by atoms with Crippen molar-refractivity contribution in [3.8, 4) is 6.07 Å². The van der Waals surface area contributed by atoms with Crippen LogP contribution in [0.3, 0.4) is 0 Å². The van der Waals surface area contributed by atoms with E-state index in [0.29, 0.717) is 16.4 Å². The predicted molar refractivity (Wildman–Crippen MR) is 54.0 cm³/mol. The van der Waals surface area contributed by atoms with E-state index in [9.17, 15) is 4.79 Å². The van der Waals surface area contributed by atoms with Gasteiger partial charge in [-0.25, -0.2) is 4.79 Å². The molecule has 5 heteroatoms. The van der Waals surface area contributed by atoms with E-state index in [4.69, 9.17) is 5.26 Å². The number of carbonyl (C=O) groups is 1. The molecule has 14 heavy (non-hydrogen) atoms. The number of hydrogen-bond acceptors (Lipinski definition) is 5. The number of nitrogens with one attached hydrogen (secondary N) is 1. The van der Waals surface area contributed by atoms with E-state index in [-0.39, 0.29) is 0 Å². The Hall–Kier alpha value is -1.41. The van der Waals surface area contributed by atoms with Gasteiger partial charge in [-0.2, -0.15) is 5.26 Å². The average molecular weight is 210 g/mol. The van der Waals surface area contributed by atoms with Crippen molar-refractivity contribution in [2.45, 2.75) is 6.92 Å². The van der Waals surface area contributed by atoms with E-state index in [1.54, 1.807) is 0 Å². The van der Waals surface area contributed by atoms with Crippen molar-refractivity contribution < 1.29 is 9.53 Å². The molecule has 1 aliphatic rings. The highest BCUT2D eigenvalue weighted by molar-refractivity contribution is 8.03. The summed E-state index contributed by atoms with van der Waals surface area (Å²) in [6, 6.07) is 2.09. The second-order valence-corrected chi connectivity index (χ2v) is 3.68. The number of nitriles is 1. The van der Waals surface area contributed by atoms with Gasteiger partial charge in [0.25, 0.3) is 0 Å². The van der Waals surface area contributed by atoms with Crippen molar-refractivity contribution >= 4 is 17.7 Å². The van der Waals surface area contributed by atoms with Crippen LogP contribution in [0.2, 0.25) is 0 Å². The molecule has 0 aliphatic carbocycles. The normalized spacial score (nSPS) is 18.8. The summed E-state index contributed by atoms with van der Waals surface area (Å²) in [7, 11) is 1.33. The number of ether oxygens (including phenoxy) is 1. The number of nitrogens with zero attached hydrogens (tertiary/aromatic N) is 1. The lowest BCUT2D eigenvalue weighted by molar-refractivity contribution is -0.134. The first kappa shape index (κ1) is 10.7. The highest BCUT2D eigenvalue weighted by Crippen LogP contribution is 2.24. The lowest BCUT2D eigenvalue weighted by Gasteiger charge is -2.17. The first-order chi connectivity index (χ1) is 6.67. The Morgan fingerprint density at radius 3 is 3.00 bits per heavy atom. The van der Waals surface area contributed by atoms with E-state index in [0.717, 1.165) is 5.70 Å². The van der Waals surface area contributed by atoms with Gasteiger partial charge in [0.1, 0.15) is 0 Å². The number of methoxy groups -OCH3 is 1. The van der Waals surface area contributed by atoms with Crippen molar-refractivity contribution in [2.24, 2.45) is 0 Å². The van der Waals surface area contributed by atoms with Gasteiger partial charge in [-0.3, -0.25) is 0 Å². The molecule has 1 N–H and O–H groups in total. The van der Waals surface area contributed by atoms with Crippen LogP contribution in [0.15, 0.2) is 22.4 Å². The molecule has 0 bridgehead atoms. The van der Waals surface area contributed by atoms with Gasteiger partial charge in [-0.05, 0) is 6.92 Å². The smallest absolute Gasteiger partial charge is 0.333 e. The summed E-state index contributed by atoms with van der Waals surface area (Å²) in [5, 5.41) is 12.4. The summed E-state index contributed by atoms with van der Waals surface area (Å²) in [4.78, 5) is 10.9. The molecule has 0 aromatic rings. The fourth-order valence-corrected chi connectivity index (χ4v) is 1.90. The third-order valence-corrected chi connectivity index (χ3v) is 2.68. The minimum atomic E-state index is -0.395. The van der Waals surface area contributed by atoms with E-state index in [2.05, 4.69) is 16.1 Å². The van der Waals surface area contributed by atoms with Gasteiger partial charge in [0, 0.05) is 11.4 Å². The van der Waals surface area contributed by atoms with Gasteiger partial charge in [0.2, 0.25) is 0 Å². The summed E-state index contributed by atoms with van der Waals surface area (Å²) >= 11 is 1.41. The molecule has 4 nitrogen and oxygen atoms in total. The molecule has 1 aliphatic heterocycles. The number of allylic oxidation sites excluding steroid dienone is 1. The van der Waals surface area contributed by atoms with Gasteiger partial charge in [0.05, 0.1) is 29.9 Å². The van der Waals surface area contributed by atoms with Crippen molar-refractivity contribution in [2.75, 3.05) is 12.9 Å². The molecule has 74 valence electrons. The Balaban J connectivity index is 2.75. The van der Waals surface area contributed by atoms with Gasteiger partial charge in [-0.15, -0.1) is 11.8 Å². The maximum atomic E-state index is 10.9. The molecule has 0 radical (unpaired) electrons. The van der Waals surface area contributed by atoms with Crippen molar-refractivity contribution in [1.29, 1.82) is 5.26 Å². The van der Waals surface area contributed by atoms with Crippen LogP contribution in [0.4, 0.5) is 0 Å². The zero-order valence-electron chi connectivity index (χ0n) is 7.96. The summed E-state index contributed by atoms with van der Waals surface area (Å²) in [5.74, 6) is 0.200. The van der Waals surface area contributed by atoms with Crippen LogP contribution in [0.5, 0.6) is 0 Å². The lowest BCUT2D eigenvalue weighted by atomic mass is 10.2. The second-order valence-electron chi connectivity index (χ2n) is 2.66.